The van der Waals surface area contributed by atoms with Crippen molar-refractivity contribution in [2.24, 2.45) is 5.73 Å². The van der Waals surface area contributed by atoms with Gasteiger partial charge in [-0.25, -0.2) is 4.57 Å². The number of hydrogen-bond donors (Lipinski definition) is 2. The number of unbranched alkanes of at least 4 members (excludes halogenated alkanes) is 32. The maximum absolute atomic E-state index is 12.7. The quantitative estimate of drug-likeness (QED) is 0.0268. The zero-order valence-corrected chi connectivity index (χ0v) is 41.8. The first-order valence-corrected chi connectivity index (χ1v) is 28.0. The number of esters is 1. The lowest BCUT2D eigenvalue weighted by Gasteiger charge is -2.20. The highest BCUT2D eigenvalue weighted by Gasteiger charge is 2.25. The number of carbonyl (C=O) groups excluding carboxylic acids is 1. The molecule has 9 heteroatoms. The minimum atomic E-state index is -4.28. The topological polar surface area (TPSA) is 117 Å². The van der Waals surface area contributed by atoms with Crippen molar-refractivity contribution in [1.29, 1.82) is 0 Å². The number of nitrogens with two attached hydrogens (primary N) is 1. The lowest BCUT2D eigenvalue weighted by Crippen LogP contribution is -2.28. The van der Waals surface area contributed by atoms with E-state index in [1.54, 1.807) is 0 Å². The zero-order chi connectivity index (χ0) is 45.1. The van der Waals surface area contributed by atoms with E-state index in [1.165, 1.54) is 186 Å². The smallest absolute Gasteiger partial charge is 0.457 e. The summed E-state index contributed by atoms with van der Waals surface area (Å²) in [5, 5.41) is 0. The van der Waals surface area contributed by atoms with E-state index in [2.05, 4.69) is 50.3 Å². The van der Waals surface area contributed by atoms with Crippen LogP contribution in [0.2, 0.25) is 0 Å². The number of carbonyl (C=O) groups is 1. The van der Waals surface area contributed by atoms with Gasteiger partial charge >= 0.3 is 13.8 Å². The molecule has 0 amide bonds. The second-order valence-electron chi connectivity index (χ2n) is 17.7. The van der Waals surface area contributed by atoms with E-state index in [0.717, 1.165) is 51.4 Å². The Morgan fingerprint density at radius 2 is 0.903 bits per heavy atom. The number of ether oxygens (including phenoxy) is 2. The van der Waals surface area contributed by atoms with Gasteiger partial charge in [0, 0.05) is 19.6 Å². The molecule has 0 aliphatic carbocycles. The average molecular weight is 896 g/mol. The molecule has 0 aliphatic rings. The molecule has 0 aliphatic heterocycles. The van der Waals surface area contributed by atoms with Crippen LogP contribution in [-0.2, 0) is 27.9 Å². The summed E-state index contributed by atoms with van der Waals surface area (Å²) < 4.78 is 33.6. The summed E-state index contributed by atoms with van der Waals surface area (Å²) in [6.45, 7) is 4.85. The number of allylic oxidation sites excluding steroid dienone is 6. The standard InChI is InChI=1S/C53H102NO7P/c1-3-5-7-9-11-13-15-17-19-21-23-24-25-26-27-28-29-30-32-34-36-38-40-42-44-46-53(55)61-52(51-60-62(56,57)59-49-47-54)50-58-48-45-43-41-39-37-35-33-31-22-20-18-16-14-12-10-8-6-4-2/h6,8,12,14,18,20,52H,3-5,7,9-11,13,15-17,19,21-51,54H2,1-2H3,(H,56,57)/b8-6-,14-12-,20-18-. The largest absolute Gasteiger partial charge is 0.472 e. The van der Waals surface area contributed by atoms with Crippen LogP contribution in [0.15, 0.2) is 36.5 Å². The molecule has 0 bridgehead atoms. The van der Waals surface area contributed by atoms with E-state index >= 15 is 0 Å². The van der Waals surface area contributed by atoms with E-state index in [1.807, 2.05) is 0 Å². The van der Waals surface area contributed by atoms with Crippen LogP contribution >= 0.6 is 7.82 Å². The summed E-state index contributed by atoms with van der Waals surface area (Å²) >= 11 is 0. The Balaban J connectivity index is 3.87. The van der Waals surface area contributed by atoms with E-state index < -0.39 is 13.9 Å². The Labute approximate surface area is 384 Å². The summed E-state index contributed by atoms with van der Waals surface area (Å²) in [6.07, 6.45) is 60.5. The molecule has 8 nitrogen and oxygen atoms in total. The van der Waals surface area contributed by atoms with E-state index in [4.69, 9.17) is 24.3 Å². The van der Waals surface area contributed by atoms with E-state index in [0.29, 0.717) is 13.0 Å². The van der Waals surface area contributed by atoms with E-state index in [-0.39, 0.29) is 32.3 Å². The normalized spacial score (nSPS) is 13.5. The van der Waals surface area contributed by atoms with Gasteiger partial charge in [0.2, 0.25) is 0 Å². The molecule has 0 heterocycles. The zero-order valence-electron chi connectivity index (χ0n) is 40.9. The molecule has 0 saturated heterocycles. The van der Waals surface area contributed by atoms with Crippen LogP contribution < -0.4 is 5.73 Å². The number of hydrogen-bond acceptors (Lipinski definition) is 7. The van der Waals surface area contributed by atoms with Gasteiger partial charge in [-0.2, -0.15) is 0 Å². The molecule has 0 saturated carbocycles. The van der Waals surface area contributed by atoms with Gasteiger partial charge in [0.25, 0.3) is 0 Å². The van der Waals surface area contributed by atoms with Crippen molar-refractivity contribution in [3.8, 4) is 0 Å². The van der Waals surface area contributed by atoms with E-state index in [9.17, 15) is 14.3 Å². The molecule has 366 valence electrons. The second kappa shape index (κ2) is 50.7. The lowest BCUT2D eigenvalue weighted by molar-refractivity contribution is -0.154. The van der Waals surface area contributed by atoms with Gasteiger partial charge in [0.1, 0.15) is 6.10 Å². The van der Waals surface area contributed by atoms with Crippen molar-refractivity contribution in [2.75, 3.05) is 33.0 Å². The number of phosphoric ester groups is 1. The Morgan fingerprint density at radius 1 is 0.500 bits per heavy atom. The Bertz CT molecular complexity index is 1050. The molecule has 2 unspecified atom stereocenters. The highest BCUT2D eigenvalue weighted by Crippen LogP contribution is 2.43. The number of phosphoric acid groups is 1. The first kappa shape index (κ1) is 60.7. The SMILES string of the molecule is CC/C=C\C/C=C\C/C=C\CCCCCCCCCCOCC(COP(=O)(O)OCCN)OC(=O)CCCCCCCCCCCCCCCCCCCCCCCCCCC. The molecule has 62 heavy (non-hydrogen) atoms. The van der Waals surface area contributed by atoms with Crippen molar-refractivity contribution in [3.63, 3.8) is 0 Å². The molecule has 0 rings (SSSR count). The summed E-state index contributed by atoms with van der Waals surface area (Å²) in [7, 11) is -4.28. The Kier molecular flexibility index (Phi) is 49.7. The third kappa shape index (κ3) is 49.7. The summed E-state index contributed by atoms with van der Waals surface area (Å²) in [4.78, 5) is 22.6. The molecule has 0 aromatic heterocycles. The highest BCUT2D eigenvalue weighted by atomic mass is 31.2. The molecule has 2 atom stereocenters. The van der Waals surface area contributed by atoms with Gasteiger partial charge < -0.3 is 20.1 Å². The van der Waals surface area contributed by atoms with Crippen molar-refractivity contribution in [3.05, 3.63) is 36.5 Å². The van der Waals surface area contributed by atoms with Gasteiger partial charge in [-0.05, 0) is 44.9 Å². The maximum atomic E-state index is 12.7. The van der Waals surface area contributed by atoms with Crippen molar-refractivity contribution in [1.82, 2.24) is 0 Å². The van der Waals surface area contributed by atoms with Crippen molar-refractivity contribution < 1.29 is 32.8 Å². The van der Waals surface area contributed by atoms with Gasteiger partial charge in [-0.1, -0.05) is 243 Å². The van der Waals surface area contributed by atoms with Crippen LogP contribution in [-0.4, -0.2) is 49.9 Å². The van der Waals surface area contributed by atoms with Gasteiger partial charge in [-0.3, -0.25) is 13.8 Å². The fourth-order valence-electron chi connectivity index (χ4n) is 7.72. The fraction of sp³-hybridized carbons (Fsp3) is 0.868. The fourth-order valence-corrected chi connectivity index (χ4v) is 8.49. The average Bonchev–Trinajstić information content (AvgIpc) is 3.26. The molecule has 0 aromatic rings. The highest BCUT2D eigenvalue weighted by molar-refractivity contribution is 7.47. The first-order valence-electron chi connectivity index (χ1n) is 26.5. The summed E-state index contributed by atoms with van der Waals surface area (Å²) in [5.74, 6) is -0.328. The summed E-state index contributed by atoms with van der Waals surface area (Å²) in [5.41, 5.74) is 5.39. The second-order valence-corrected chi connectivity index (χ2v) is 19.2. The number of rotatable bonds is 51. The van der Waals surface area contributed by atoms with Crippen LogP contribution in [0.1, 0.15) is 258 Å². The van der Waals surface area contributed by atoms with Crippen LogP contribution in [0.3, 0.4) is 0 Å². The maximum Gasteiger partial charge on any atom is 0.472 e. The van der Waals surface area contributed by atoms with Gasteiger partial charge in [-0.15, -0.1) is 0 Å². The third-order valence-electron chi connectivity index (χ3n) is 11.6. The Hall–Kier alpha value is -1.28. The van der Waals surface area contributed by atoms with Crippen LogP contribution in [0.4, 0.5) is 0 Å². The molecule has 0 spiro atoms. The van der Waals surface area contributed by atoms with Crippen molar-refractivity contribution in [2.45, 2.75) is 264 Å². The van der Waals surface area contributed by atoms with Crippen LogP contribution in [0, 0.1) is 0 Å². The van der Waals surface area contributed by atoms with Crippen molar-refractivity contribution >= 4 is 13.8 Å². The van der Waals surface area contributed by atoms with Gasteiger partial charge in [0.15, 0.2) is 0 Å². The lowest BCUT2D eigenvalue weighted by atomic mass is 10.0. The predicted molar refractivity (Wildman–Crippen MR) is 266 cm³/mol. The minimum Gasteiger partial charge on any atom is -0.457 e. The molecule has 0 radical (unpaired) electrons. The molecule has 0 fully saturated rings. The van der Waals surface area contributed by atoms with Gasteiger partial charge in [0.05, 0.1) is 19.8 Å². The molecule has 3 N–H and O–H groups in total. The molecule has 0 aromatic carbocycles. The summed E-state index contributed by atoms with van der Waals surface area (Å²) in [6, 6.07) is 0. The minimum absolute atomic E-state index is 0.0958. The Morgan fingerprint density at radius 3 is 1.35 bits per heavy atom. The van der Waals surface area contributed by atoms with Crippen LogP contribution in [0.25, 0.3) is 0 Å². The molecular weight excluding hydrogens is 794 g/mol. The molecular formula is C53H102NO7P. The first-order chi connectivity index (χ1) is 30.4. The van der Waals surface area contributed by atoms with Crippen LogP contribution in [0.5, 0.6) is 0 Å². The predicted octanol–water partition coefficient (Wildman–Crippen LogP) is 16.5. The monoisotopic (exact) mass is 896 g/mol. The third-order valence-corrected chi connectivity index (χ3v) is 12.6.